The first kappa shape index (κ1) is 17.1. The molecule has 0 bridgehead atoms. The Hall–Kier alpha value is -3.33. The molecule has 1 amide bonds. The van der Waals surface area contributed by atoms with Gasteiger partial charge in [-0.25, -0.2) is 14.1 Å². The molecular formula is C18H11BrFN5O2. The lowest BCUT2D eigenvalue weighted by Gasteiger charge is -2.08. The van der Waals surface area contributed by atoms with E-state index >= 15 is 0 Å². The number of anilines is 1. The van der Waals surface area contributed by atoms with E-state index < -0.39 is 11.7 Å². The van der Waals surface area contributed by atoms with Crippen molar-refractivity contribution in [3.05, 3.63) is 81.2 Å². The second-order valence-electron chi connectivity index (χ2n) is 5.65. The number of hydrogen-bond acceptors (Lipinski definition) is 4. The van der Waals surface area contributed by atoms with Crippen LogP contribution in [0.5, 0.6) is 0 Å². The van der Waals surface area contributed by atoms with Crippen molar-refractivity contribution in [2.24, 2.45) is 0 Å². The predicted octanol–water partition coefficient (Wildman–Crippen LogP) is 3.26. The standard InChI is InChI=1S/C18H11BrFN5O2/c19-10-1-6-15(20)13(7-10)18(27)24-11-2-4-12(5-3-11)25-16-14(8-23-25)17(26)22-9-21-16/h1-9H,(H,24,27)(H,21,22,26). The molecule has 2 aromatic carbocycles. The fourth-order valence-corrected chi connectivity index (χ4v) is 2.96. The quantitative estimate of drug-likeness (QED) is 0.524. The Labute approximate surface area is 160 Å². The number of amides is 1. The molecule has 9 heteroatoms. The van der Waals surface area contributed by atoms with E-state index in [1.54, 1.807) is 24.3 Å². The predicted molar refractivity (Wildman–Crippen MR) is 102 cm³/mol. The van der Waals surface area contributed by atoms with Gasteiger partial charge in [0.05, 0.1) is 23.8 Å². The molecule has 0 fully saturated rings. The number of aromatic nitrogens is 4. The molecule has 0 aliphatic rings. The zero-order chi connectivity index (χ0) is 19.0. The van der Waals surface area contributed by atoms with Crippen molar-refractivity contribution in [1.29, 1.82) is 0 Å². The monoisotopic (exact) mass is 427 g/mol. The van der Waals surface area contributed by atoms with Crippen molar-refractivity contribution >= 4 is 38.6 Å². The number of H-pyrrole nitrogens is 1. The summed E-state index contributed by atoms with van der Waals surface area (Å²) in [5.41, 5.74) is 1.24. The van der Waals surface area contributed by atoms with Crippen LogP contribution in [0.15, 0.2) is 64.3 Å². The minimum atomic E-state index is -0.605. The van der Waals surface area contributed by atoms with Gasteiger partial charge in [-0.15, -0.1) is 0 Å². The number of benzene rings is 2. The second-order valence-corrected chi connectivity index (χ2v) is 6.57. The van der Waals surface area contributed by atoms with Gasteiger partial charge in [0.15, 0.2) is 5.65 Å². The van der Waals surface area contributed by atoms with Gasteiger partial charge < -0.3 is 10.3 Å². The van der Waals surface area contributed by atoms with Gasteiger partial charge in [-0.3, -0.25) is 9.59 Å². The van der Waals surface area contributed by atoms with E-state index in [1.165, 1.54) is 35.4 Å². The fourth-order valence-electron chi connectivity index (χ4n) is 2.60. The van der Waals surface area contributed by atoms with Crippen molar-refractivity contribution in [3.8, 4) is 5.69 Å². The van der Waals surface area contributed by atoms with Gasteiger partial charge in [-0.2, -0.15) is 5.10 Å². The number of nitrogens with one attached hydrogen (secondary N) is 2. The molecule has 0 saturated heterocycles. The lowest BCUT2D eigenvalue weighted by Crippen LogP contribution is -2.13. The molecule has 0 radical (unpaired) electrons. The van der Waals surface area contributed by atoms with E-state index in [-0.39, 0.29) is 11.1 Å². The van der Waals surface area contributed by atoms with Gasteiger partial charge in [-0.05, 0) is 42.5 Å². The van der Waals surface area contributed by atoms with Crippen molar-refractivity contribution in [1.82, 2.24) is 19.7 Å². The van der Waals surface area contributed by atoms with Gasteiger partial charge in [0.1, 0.15) is 11.2 Å². The van der Waals surface area contributed by atoms with Crippen LogP contribution < -0.4 is 10.9 Å². The average Bonchev–Trinajstić information content (AvgIpc) is 3.10. The van der Waals surface area contributed by atoms with E-state index in [2.05, 4.69) is 36.3 Å². The third-order valence-corrected chi connectivity index (χ3v) is 4.41. The molecule has 0 spiro atoms. The Bertz CT molecular complexity index is 1220. The summed E-state index contributed by atoms with van der Waals surface area (Å²) in [7, 11) is 0. The lowest BCUT2D eigenvalue weighted by atomic mass is 10.2. The molecule has 134 valence electrons. The number of carbonyl (C=O) groups is 1. The highest BCUT2D eigenvalue weighted by atomic mass is 79.9. The summed E-state index contributed by atoms with van der Waals surface area (Å²) in [6, 6.07) is 10.9. The van der Waals surface area contributed by atoms with E-state index in [0.29, 0.717) is 26.9 Å². The first-order chi connectivity index (χ1) is 13.0. The van der Waals surface area contributed by atoms with Crippen molar-refractivity contribution in [2.75, 3.05) is 5.32 Å². The summed E-state index contributed by atoms with van der Waals surface area (Å²) in [5, 5.41) is 7.20. The normalized spacial score (nSPS) is 10.9. The zero-order valence-corrected chi connectivity index (χ0v) is 15.2. The van der Waals surface area contributed by atoms with E-state index in [1.807, 2.05) is 0 Å². The van der Waals surface area contributed by atoms with Crippen LogP contribution in [0.25, 0.3) is 16.7 Å². The van der Waals surface area contributed by atoms with Crippen LogP contribution in [0, 0.1) is 5.82 Å². The first-order valence-corrected chi connectivity index (χ1v) is 8.60. The Balaban J connectivity index is 1.60. The molecule has 2 N–H and O–H groups in total. The van der Waals surface area contributed by atoms with Crippen LogP contribution in [0.4, 0.5) is 10.1 Å². The minimum absolute atomic E-state index is 0.0602. The number of nitrogens with zero attached hydrogens (tertiary/aromatic N) is 3. The third kappa shape index (κ3) is 3.24. The molecule has 2 aromatic heterocycles. The number of aromatic amines is 1. The minimum Gasteiger partial charge on any atom is -0.322 e. The van der Waals surface area contributed by atoms with Crippen LogP contribution >= 0.6 is 15.9 Å². The Morgan fingerprint density at radius 3 is 2.74 bits per heavy atom. The molecule has 0 unspecified atom stereocenters. The summed E-state index contributed by atoms with van der Waals surface area (Å²) in [6.07, 6.45) is 2.75. The molecular weight excluding hydrogens is 417 g/mol. The highest BCUT2D eigenvalue weighted by Gasteiger charge is 2.13. The molecule has 4 rings (SSSR count). The summed E-state index contributed by atoms with van der Waals surface area (Å²) in [4.78, 5) is 30.7. The zero-order valence-electron chi connectivity index (χ0n) is 13.6. The largest absolute Gasteiger partial charge is 0.322 e. The summed E-state index contributed by atoms with van der Waals surface area (Å²) in [5.74, 6) is -1.16. The van der Waals surface area contributed by atoms with Crippen LogP contribution in [-0.4, -0.2) is 25.7 Å². The van der Waals surface area contributed by atoms with Crippen LogP contribution in [-0.2, 0) is 0 Å². The Kier molecular flexibility index (Phi) is 4.28. The highest BCUT2D eigenvalue weighted by Crippen LogP contribution is 2.19. The number of hydrogen-bond donors (Lipinski definition) is 2. The highest BCUT2D eigenvalue weighted by molar-refractivity contribution is 9.10. The molecule has 7 nitrogen and oxygen atoms in total. The number of fused-ring (bicyclic) bond motifs is 1. The van der Waals surface area contributed by atoms with Gasteiger partial charge in [0.25, 0.3) is 11.5 Å². The summed E-state index contributed by atoms with van der Waals surface area (Å²) < 4.78 is 16.0. The smallest absolute Gasteiger partial charge is 0.261 e. The Morgan fingerprint density at radius 2 is 1.96 bits per heavy atom. The van der Waals surface area contributed by atoms with Gasteiger partial charge in [0.2, 0.25) is 0 Å². The molecule has 0 saturated carbocycles. The molecule has 4 aromatic rings. The third-order valence-electron chi connectivity index (χ3n) is 3.91. The first-order valence-electron chi connectivity index (χ1n) is 7.81. The summed E-state index contributed by atoms with van der Waals surface area (Å²) >= 11 is 3.22. The number of halogens is 2. The number of carbonyl (C=O) groups excluding carboxylic acids is 1. The van der Waals surface area contributed by atoms with Crippen molar-refractivity contribution in [2.45, 2.75) is 0 Å². The molecule has 2 heterocycles. The molecule has 0 aliphatic heterocycles. The second kappa shape index (κ2) is 6.76. The van der Waals surface area contributed by atoms with Gasteiger partial charge in [0, 0.05) is 10.2 Å². The van der Waals surface area contributed by atoms with E-state index in [4.69, 9.17) is 0 Å². The SMILES string of the molecule is O=C(Nc1ccc(-n2ncc3c(=O)[nH]cnc32)cc1)c1cc(Br)ccc1F. The fraction of sp³-hybridized carbons (Fsp3) is 0. The van der Waals surface area contributed by atoms with Crippen molar-refractivity contribution in [3.63, 3.8) is 0 Å². The average molecular weight is 428 g/mol. The van der Waals surface area contributed by atoms with E-state index in [9.17, 15) is 14.0 Å². The maximum atomic E-state index is 13.8. The van der Waals surface area contributed by atoms with Gasteiger partial charge in [-0.1, -0.05) is 15.9 Å². The van der Waals surface area contributed by atoms with Crippen molar-refractivity contribution < 1.29 is 9.18 Å². The topological polar surface area (TPSA) is 92.7 Å². The molecule has 27 heavy (non-hydrogen) atoms. The van der Waals surface area contributed by atoms with Crippen LogP contribution in [0.3, 0.4) is 0 Å². The maximum absolute atomic E-state index is 13.8. The van der Waals surface area contributed by atoms with E-state index in [0.717, 1.165) is 0 Å². The maximum Gasteiger partial charge on any atom is 0.261 e. The Morgan fingerprint density at radius 1 is 1.19 bits per heavy atom. The number of rotatable bonds is 3. The molecule has 0 aliphatic carbocycles. The lowest BCUT2D eigenvalue weighted by molar-refractivity contribution is 0.102. The molecule has 0 atom stereocenters. The van der Waals surface area contributed by atoms with Crippen LogP contribution in [0.2, 0.25) is 0 Å². The van der Waals surface area contributed by atoms with Gasteiger partial charge >= 0.3 is 0 Å². The van der Waals surface area contributed by atoms with Crippen LogP contribution in [0.1, 0.15) is 10.4 Å². The summed E-state index contributed by atoms with van der Waals surface area (Å²) in [6.45, 7) is 0.